The van der Waals surface area contributed by atoms with Gasteiger partial charge in [-0.1, -0.05) is 0 Å². The number of nitrogens with zero attached hydrogens (tertiary/aromatic N) is 2. The van der Waals surface area contributed by atoms with Crippen LogP contribution in [0.15, 0.2) is 18.3 Å². The van der Waals surface area contributed by atoms with Crippen LogP contribution in [0.2, 0.25) is 0 Å². The van der Waals surface area contributed by atoms with Gasteiger partial charge in [0, 0.05) is 26.2 Å². The number of nitrogens with one attached hydrogen (secondary N) is 1. The third-order valence-electron chi connectivity index (χ3n) is 2.42. The van der Waals surface area contributed by atoms with Crippen molar-refractivity contribution in [3.8, 4) is 0 Å². The molecule has 1 fully saturated rings. The van der Waals surface area contributed by atoms with E-state index < -0.39 is 0 Å². The third kappa shape index (κ3) is 2.26. The fourth-order valence-electron chi connectivity index (χ4n) is 1.43. The number of rotatable bonds is 3. The maximum atomic E-state index is 11.6. The van der Waals surface area contributed by atoms with Gasteiger partial charge in [0.25, 0.3) is 0 Å². The second-order valence-electron chi connectivity index (χ2n) is 4.03. The lowest BCUT2D eigenvalue weighted by molar-refractivity contribution is -0.117. The molecule has 1 aliphatic carbocycles. The first-order chi connectivity index (χ1) is 7.18. The molecule has 1 amide bonds. The molecular weight excluding hydrogens is 190 g/mol. The van der Waals surface area contributed by atoms with Gasteiger partial charge in [-0.2, -0.15) is 0 Å². The number of anilines is 2. The molecule has 0 atom stereocenters. The lowest BCUT2D eigenvalue weighted by Crippen LogP contribution is -2.18. The van der Waals surface area contributed by atoms with Gasteiger partial charge in [-0.15, -0.1) is 0 Å². The predicted molar refractivity (Wildman–Crippen MR) is 59.9 cm³/mol. The Kier molecular flexibility index (Phi) is 2.58. The molecule has 4 heteroatoms. The molecule has 1 saturated carbocycles. The molecule has 0 unspecified atom stereocenters. The van der Waals surface area contributed by atoms with E-state index >= 15 is 0 Å². The topological polar surface area (TPSA) is 45.2 Å². The highest BCUT2D eigenvalue weighted by atomic mass is 16.2. The summed E-state index contributed by atoms with van der Waals surface area (Å²) < 4.78 is 0. The van der Waals surface area contributed by atoms with Gasteiger partial charge in [-0.25, -0.2) is 4.98 Å². The van der Waals surface area contributed by atoms with Crippen LogP contribution in [0.5, 0.6) is 0 Å². The summed E-state index contributed by atoms with van der Waals surface area (Å²) >= 11 is 0. The molecule has 1 aliphatic rings. The number of carbonyl (C=O) groups is 1. The standard InChI is InChI=1S/C11H15N3O/c1-14(2)10-9(4-3-7-12-10)13-11(15)8-5-6-8/h3-4,7-8H,5-6H2,1-2H3,(H,13,15). The van der Waals surface area contributed by atoms with Gasteiger partial charge in [0.1, 0.15) is 0 Å². The number of hydrogen-bond acceptors (Lipinski definition) is 3. The van der Waals surface area contributed by atoms with E-state index in [1.807, 2.05) is 31.1 Å². The molecule has 1 heterocycles. The summed E-state index contributed by atoms with van der Waals surface area (Å²) in [4.78, 5) is 17.7. The Morgan fingerprint density at radius 3 is 2.87 bits per heavy atom. The third-order valence-corrected chi connectivity index (χ3v) is 2.42. The maximum Gasteiger partial charge on any atom is 0.227 e. The highest BCUT2D eigenvalue weighted by Crippen LogP contribution is 2.31. The Morgan fingerprint density at radius 2 is 2.27 bits per heavy atom. The first-order valence-corrected chi connectivity index (χ1v) is 5.11. The summed E-state index contributed by atoms with van der Waals surface area (Å²) in [7, 11) is 3.82. The monoisotopic (exact) mass is 205 g/mol. The van der Waals surface area contributed by atoms with E-state index in [0.717, 1.165) is 24.3 Å². The summed E-state index contributed by atoms with van der Waals surface area (Å²) in [5, 5.41) is 2.91. The lowest BCUT2D eigenvalue weighted by Gasteiger charge is -2.15. The Labute approximate surface area is 89.3 Å². The molecule has 2 rings (SSSR count). The molecule has 1 aromatic heterocycles. The van der Waals surface area contributed by atoms with Crippen molar-refractivity contribution in [2.45, 2.75) is 12.8 Å². The molecular formula is C11H15N3O. The Balaban J connectivity index is 2.15. The molecule has 0 spiro atoms. The van der Waals surface area contributed by atoms with Crippen molar-refractivity contribution < 1.29 is 4.79 Å². The molecule has 0 radical (unpaired) electrons. The fraction of sp³-hybridized carbons (Fsp3) is 0.455. The van der Waals surface area contributed by atoms with Gasteiger partial charge < -0.3 is 10.2 Å². The quantitative estimate of drug-likeness (QED) is 0.813. The molecule has 15 heavy (non-hydrogen) atoms. The van der Waals surface area contributed by atoms with E-state index in [4.69, 9.17) is 0 Å². The van der Waals surface area contributed by atoms with Crippen LogP contribution < -0.4 is 10.2 Å². The van der Waals surface area contributed by atoms with Crippen LogP contribution in [-0.2, 0) is 4.79 Å². The summed E-state index contributed by atoms with van der Waals surface area (Å²) in [6, 6.07) is 3.71. The Morgan fingerprint density at radius 1 is 1.53 bits per heavy atom. The second kappa shape index (κ2) is 3.88. The van der Waals surface area contributed by atoms with Crippen molar-refractivity contribution in [2.75, 3.05) is 24.3 Å². The van der Waals surface area contributed by atoms with Gasteiger partial charge in [-0.3, -0.25) is 4.79 Å². The molecule has 80 valence electrons. The smallest absolute Gasteiger partial charge is 0.227 e. The van der Waals surface area contributed by atoms with Gasteiger partial charge in [0.2, 0.25) is 5.91 Å². The van der Waals surface area contributed by atoms with Crippen molar-refractivity contribution in [1.82, 2.24) is 4.98 Å². The van der Waals surface area contributed by atoms with Crippen LogP contribution >= 0.6 is 0 Å². The van der Waals surface area contributed by atoms with Crippen molar-refractivity contribution in [3.63, 3.8) is 0 Å². The van der Waals surface area contributed by atoms with E-state index in [1.165, 1.54) is 0 Å². The van der Waals surface area contributed by atoms with Gasteiger partial charge in [0.05, 0.1) is 5.69 Å². The average molecular weight is 205 g/mol. The van der Waals surface area contributed by atoms with E-state index in [2.05, 4.69) is 10.3 Å². The van der Waals surface area contributed by atoms with E-state index in [9.17, 15) is 4.79 Å². The molecule has 0 aromatic carbocycles. The van der Waals surface area contributed by atoms with Crippen LogP contribution in [-0.4, -0.2) is 25.0 Å². The van der Waals surface area contributed by atoms with Gasteiger partial charge in [0.15, 0.2) is 5.82 Å². The summed E-state index contributed by atoms with van der Waals surface area (Å²) in [6.45, 7) is 0. The first-order valence-electron chi connectivity index (χ1n) is 5.11. The normalized spacial score (nSPS) is 14.8. The minimum absolute atomic E-state index is 0.117. The molecule has 0 saturated heterocycles. The van der Waals surface area contributed by atoms with E-state index in [-0.39, 0.29) is 11.8 Å². The molecule has 0 aliphatic heterocycles. The first kappa shape index (κ1) is 9.96. The fourth-order valence-corrected chi connectivity index (χ4v) is 1.43. The molecule has 0 bridgehead atoms. The van der Waals surface area contributed by atoms with Crippen LogP contribution in [0.4, 0.5) is 11.5 Å². The summed E-state index contributed by atoms with van der Waals surface area (Å²) in [5.74, 6) is 1.14. The van der Waals surface area contributed by atoms with E-state index in [1.54, 1.807) is 6.20 Å². The highest BCUT2D eigenvalue weighted by Gasteiger charge is 2.30. The zero-order valence-corrected chi connectivity index (χ0v) is 9.03. The van der Waals surface area contributed by atoms with Crippen LogP contribution in [0.1, 0.15) is 12.8 Å². The molecule has 4 nitrogen and oxygen atoms in total. The zero-order valence-electron chi connectivity index (χ0n) is 9.03. The highest BCUT2D eigenvalue weighted by molar-refractivity contribution is 5.96. The van der Waals surface area contributed by atoms with Crippen molar-refractivity contribution >= 4 is 17.4 Å². The number of carbonyl (C=O) groups excluding carboxylic acids is 1. The van der Waals surface area contributed by atoms with Crippen molar-refractivity contribution in [2.24, 2.45) is 5.92 Å². The summed E-state index contributed by atoms with van der Waals surface area (Å²) in [5.41, 5.74) is 0.791. The lowest BCUT2D eigenvalue weighted by atomic mass is 10.3. The van der Waals surface area contributed by atoms with Crippen molar-refractivity contribution in [3.05, 3.63) is 18.3 Å². The number of hydrogen-bond donors (Lipinski definition) is 1. The average Bonchev–Trinajstić information content (AvgIpc) is 3.01. The second-order valence-corrected chi connectivity index (χ2v) is 4.03. The molecule has 1 N–H and O–H groups in total. The van der Waals surface area contributed by atoms with Gasteiger partial charge in [-0.05, 0) is 25.0 Å². The van der Waals surface area contributed by atoms with Crippen LogP contribution in [0.25, 0.3) is 0 Å². The molecule has 1 aromatic rings. The van der Waals surface area contributed by atoms with E-state index in [0.29, 0.717) is 0 Å². The minimum atomic E-state index is 0.117. The SMILES string of the molecule is CN(C)c1ncccc1NC(=O)C1CC1. The van der Waals surface area contributed by atoms with Crippen LogP contribution in [0.3, 0.4) is 0 Å². The van der Waals surface area contributed by atoms with Gasteiger partial charge >= 0.3 is 0 Å². The Bertz CT molecular complexity index is 372. The minimum Gasteiger partial charge on any atom is -0.361 e. The largest absolute Gasteiger partial charge is 0.361 e. The number of aromatic nitrogens is 1. The number of amides is 1. The van der Waals surface area contributed by atoms with Crippen LogP contribution in [0, 0.1) is 5.92 Å². The predicted octanol–water partition coefficient (Wildman–Crippen LogP) is 1.50. The number of pyridine rings is 1. The maximum absolute atomic E-state index is 11.6. The Hall–Kier alpha value is -1.58. The summed E-state index contributed by atoms with van der Waals surface area (Å²) in [6.07, 6.45) is 3.76. The zero-order chi connectivity index (χ0) is 10.8. The van der Waals surface area contributed by atoms with Crippen molar-refractivity contribution in [1.29, 1.82) is 0 Å².